The lowest BCUT2D eigenvalue weighted by molar-refractivity contribution is -0.143. The van der Waals surface area contributed by atoms with Crippen molar-refractivity contribution < 1.29 is 24.3 Å². The number of amides is 4. The number of fused-ring (bicyclic) bond motifs is 1. The molecule has 4 amide bonds. The number of nitrogens with one attached hydrogen (secondary N) is 1. The molecule has 0 radical (unpaired) electrons. The van der Waals surface area contributed by atoms with Crippen molar-refractivity contribution in [2.24, 2.45) is 11.5 Å². The smallest absolute Gasteiger partial charge is 0.341 e. The van der Waals surface area contributed by atoms with E-state index < -0.39 is 36.0 Å². The zero-order valence-corrected chi connectivity index (χ0v) is 24.2. The standard InChI is InChI=1S/C33H37N5O5/c1-38(29(30(35)40)19-21-8-3-2-4-9-21)28-12-6-5-10-23(28)20-26(33(38)43)36-31(41)27-11-7-17-37(27)32(42)25(34)18-22-13-15-24(39)16-14-22/h2-6,8-10,12-16,25-27,29H,7,11,17-20,34H2,1H3,(H3-,35,36,39,40,41)/p+1/t25?,26?,27-,29?,38?/m0/s1. The van der Waals surface area contributed by atoms with Crippen LogP contribution in [0.2, 0.25) is 0 Å². The molecule has 6 N–H and O–H groups in total. The topological polar surface area (TPSA) is 156 Å². The maximum absolute atomic E-state index is 14.3. The van der Waals surface area contributed by atoms with Gasteiger partial charge in [-0.25, -0.2) is 9.28 Å². The number of aromatic hydroxyl groups is 1. The summed E-state index contributed by atoms with van der Waals surface area (Å²) in [5.41, 5.74) is 15.4. The number of likely N-dealkylation sites (tertiary alicyclic amines) is 1. The number of para-hydroxylation sites is 1. The molecule has 10 nitrogen and oxygen atoms in total. The van der Waals surface area contributed by atoms with Crippen LogP contribution in [-0.4, -0.2) is 71.4 Å². The van der Waals surface area contributed by atoms with Gasteiger partial charge < -0.3 is 26.8 Å². The van der Waals surface area contributed by atoms with E-state index in [9.17, 15) is 24.3 Å². The summed E-state index contributed by atoms with van der Waals surface area (Å²) in [4.78, 5) is 55.7. The van der Waals surface area contributed by atoms with Gasteiger partial charge >= 0.3 is 5.91 Å². The third-order valence-corrected chi connectivity index (χ3v) is 8.76. The van der Waals surface area contributed by atoms with Crippen LogP contribution in [-0.2, 0) is 38.4 Å². The monoisotopic (exact) mass is 584 g/mol. The summed E-state index contributed by atoms with van der Waals surface area (Å²) in [6.45, 7) is 0.385. The number of hydrogen-bond acceptors (Lipinski definition) is 6. The third-order valence-electron chi connectivity index (χ3n) is 8.76. The minimum atomic E-state index is -0.923. The molecule has 0 saturated carbocycles. The fourth-order valence-electron chi connectivity index (χ4n) is 6.45. The van der Waals surface area contributed by atoms with Crippen LogP contribution in [0.25, 0.3) is 0 Å². The summed E-state index contributed by atoms with van der Waals surface area (Å²) in [6, 6.07) is 19.8. The summed E-state index contributed by atoms with van der Waals surface area (Å²) in [7, 11) is 1.69. The molecule has 0 bridgehead atoms. The van der Waals surface area contributed by atoms with Crippen LogP contribution in [0.3, 0.4) is 0 Å². The first-order chi connectivity index (χ1) is 20.6. The normalized spacial score (nSPS) is 22.8. The van der Waals surface area contributed by atoms with Crippen molar-refractivity contribution in [1.29, 1.82) is 0 Å². The lowest BCUT2D eigenvalue weighted by Crippen LogP contribution is -2.70. The number of quaternary nitrogens is 1. The van der Waals surface area contributed by atoms with Gasteiger partial charge in [0.25, 0.3) is 5.91 Å². The van der Waals surface area contributed by atoms with Crippen LogP contribution >= 0.6 is 0 Å². The van der Waals surface area contributed by atoms with Crippen molar-refractivity contribution in [3.05, 3.63) is 95.6 Å². The first kappa shape index (κ1) is 29.9. The summed E-state index contributed by atoms with van der Waals surface area (Å²) < 4.78 is -0.379. The van der Waals surface area contributed by atoms with Crippen molar-refractivity contribution in [3.8, 4) is 5.75 Å². The number of carbonyl (C=O) groups is 4. The number of carbonyl (C=O) groups excluding carboxylic acids is 4. The molecule has 3 aromatic carbocycles. The Morgan fingerprint density at radius 2 is 1.63 bits per heavy atom. The van der Waals surface area contributed by atoms with Gasteiger partial charge in [-0.15, -0.1) is 0 Å². The lowest BCUT2D eigenvalue weighted by atomic mass is 9.90. The summed E-state index contributed by atoms with van der Waals surface area (Å²) in [5, 5.41) is 12.5. The molecule has 10 heteroatoms. The number of phenols is 1. The molecular weight excluding hydrogens is 546 g/mol. The van der Waals surface area contributed by atoms with E-state index in [0.717, 1.165) is 16.7 Å². The van der Waals surface area contributed by atoms with Gasteiger partial charge in [-0.2, -0.15) is 0 Å². The molecule has 1 saturated heterocycles. The van der Waals surface area contributed by atoms with Crippen molar-refractivity contribution in [3.63, 3.8) is 0 Å². The number of rotatable bonds is 9. The predicted octanol–water partition coefficient (Wildman–Crippen LogP) is 1.55. The molecule has 2 aliphatic heterocycles. The maximum Gasteiger partial charge on any atom is 0.341 e. The van der Waals surface area contributed by atoms with E-state index in [-0.39, 0.29) is 41.3 Å². The van der Waals surface area contributed by atoms with Gasteiger partial charge in [0.1, 0.15) is 23.5 Å². The minimum Gasteiger partial charge on any atom is -0.508 e. The molecule has 3 aromatic rings. The highest BCUT2D eigenvalue weighted by molar-refractivity contribution is 6.03. The second kappa shape index (κ2) is 12.4. The highest BCUT2D eigenvalue weighted by Gasteiger charge is 2.53. The summed E-state index contributed by atoms with van der Waals surface area (Å²) in [6.07, 6.45) is 1.84. The molecule has 2 heterocycles. The third kappa shape index (κ3) is 6.02. The van der Waals surface area contributed by atoms with Gasteiger partial charge in [0.15, 0.2) is 6.04 Å². The molecular formula is C33H38N5O5+. The van der Waals surface area contributed by atoms with Crippen LogP contribution in [0.5, 0.6) is 5.75 Å². The number of hydrogen-bond donors (Lipinski definition) is 4. The molecule has 0 aromatic heterocycles. The molecule has 43 heavy (non-hydrogen) atoms. The second-order valence-electron chi connectivity index (χ2n) is 11.6. The number of nitrogens with two attached hydrogens (primary N) is 2. The average molecular weight is 585 g/mol. The van der Waals surface area contributed by atoms with E-state index in [1.165, 1.54) is 17.0 Å². The number of likely N-dealkylation sites (N-methyl/N-ethyl adjacent to an activating group) is 1. The van der Waals surface area contributed by atoms with Crippen LogP contribution in [0.4, 0.5) is 5.69 Å². The summed E-state index contributed by atoms with van der Waals surface area (Å²) in [5.74, 6) is -1.60. The number of benzene rings is 3. The van der Waals surface area contributed by atoms with E-state index in [4.69, 9.17) is 11.5 Å². The van der Waals surface area contributed by atoms with Gasteiger partial charge in [0, 0.05) is 24.9 Å². The fraction of sp³-hybridized carbons (Fsp3) is 0.333. The van der Waals surface area contributed by atoms with Crippen LogP contribution < -0.4 is 21.3 Å². The first-order valence-corrected chi connectivity index (χ1v) is 14.6. The molecule has 1 fully saturated rings. The zero-order chi connectivity index (χ0) is 30.7. The molecule has 2 aliphatic rings. The van der Waals surface area contributed by atoms with Crippen molar-refractivity contribution in [1.82, 2.24) is 14.7 Å². The Bertz CT molecular complexity index is 1510. The number of phenolic OH excluding ortho intramolecular Hbond substituents is 1. The SMILES string of the molecule is C[N+]1(C(Cc2ccccc2)C(N)=O)C(=O)C(NC(=O)[C@@H]2CCCN2C(=O)C(N)Cc2ccc(O)cc2)Cc2ccccc21. The first-order valence-electron chi connectivity index (χ1n) is 14.6. The molecule has 5 rings (SSSR count). The molecule has 0 aliphatic carbocycles. The van der Waals surface area contributed by atoms with Crippen molar-refractivity contribution >= 4 is 29.3 Å². The van der Waals surface area contributed by atoms with E-state index in [1.54, 1.807) is 19.2 Å². The van der Waals surface area contributed by atoms with Gasteiger partial charge in [0.05, 0.1) is 13.1 Å². The van der Waals surface area contributed by atoms with E-state index in [2.05, 4.69) is 5.32 Å². The highest BCUT2D eigenvalue weighted by Crippen LogP contribution is 2.36. The van der Waals surface area contributed by atoms with Gasteiger partial charge in [-0.3, -0.25) is 14.4 Å². The van der Waals surface area contributed by atoms with Crippen LogP contribution in [0.15, 0.2) is 78.9 Å². The zero-order valence-electron chi connectivity index (χ0n) is 24.2. The van der Waals surface area contributed by atoms with Crippen molar-refractivity contribution in [2.45, 2.75) is 56.3 Å². The Morgan fingerprint density at radius 1 is 0.977 bits per heavy atom. The molecule has 4 unspecified atom stereocenters. The van der Waals surface area contributed by atoms with E-state index >= 15 is 0 Å². The number of primary amides is 1. The highest BCUT2D eigenvalue weighted by atomic mass is 16.3. The fourth-order valence-corrected chi connectivity index (χ4v) is 6.45. The molecule has 0 spiro atoms. The Morgan fingerprint density at radius 3 is 2.33 bits per heavy atom. The van der Waals surface area contributed by atoms with Crippen molar-refractivity contribution in [2.75, 3.05) is 13.6 Å². The van der Waals surface area contributed by atoms with Gasteiger partial charge in [-0.05, 0) is 48.6 Å². The quantitative estimate of drug-likeness (QED) is 0.280. The van der Waals surface area contributed by atoms with E-state index in [1.807, 2.05) is 54.6 Å². The Kier molecular flexibility index (Phi) is 8.61. The minimum absolute atomic E-state index is 0.122. The number of nitrogens with zero attached hydrogens (tertiary/aromatic N) is 2. The van der Waals surface area contributed by atoms with Gasteiger partial charge in [-0.1, -0.05) is 60.7 Å². The van der Waals surface area contributed by atoms with Crippen LogP contribution in [0, 0.1) is 0 Å². The van der Waals surface area contributed by atoms with Gasteiger partial charge in [0.2, 0.25) is 11.8 Å². The lowest BCUT2D eigenvalue weighted by Gasteiger charge is -2.43. The Hall–Kier alpha value is -4.54. The predicted molar refractivity (Wildman–Crippen MR) is 162 cm³/mol. The Balaban J connectivity index is 1.36. The van der Waals surface area contributed by atoms with E-state index in [0.29, 0.717) is 25.1 Å². The Labute approximate surface area is 250 Å². The average Bonchev–Trinajstić information content (AvgIpc) is 3.50. The molecule has 5 atom stereocenters. The maximum atomic E-state index is 14.3. The van der Waals surface area contributed by atoms with Crippen LogP contribution in [0.1, 0.15) is 29.5 Å². The summed E-state index contributed by atoms with van der Waals surface area (Å²) >= 11 is 0. The largest absolute Gasteiger partial charge is 0.508 e. The molecule has 224 valence electrons. The second-order valence-corrected chi connectivity index (χ2v) is 11.6.